The molecule has 0 radical (unpaired) electrons. The number of hydrogen-bond donors (Lipinski definition) is 2. The molecular formula is C14H16N4O. The van der Waals surface area contributed by atoms with Gasteiger partial charge in [0.25, 0.3) is 0 Å². The summed E-state index contributed by atoms with van der Waals surface area (Å²) in [6, 6.07) is 5.98. The Morgan fingerprint density at radius 2 is 2.16 bits per heavy atom. The highest BCUT2D eigenvalue weighted by molar-refractivity contribution is 5.80. The lowest BCUT2D eigenvalue weighted by Gasteiger charge is -2.00. The Balaban J connectivity index is 2.08. The summed E-state index contributed by atoms with van der Waals surface area (Å²) in [5.41, 5.74) is 5.94. The van der Waals surface area contributed by atoms with E-state index in [-0.39, 0.29) is 0 Å². The third-order valence-electron chi connectivity index (χ3n) is 3.23. The standard InChI is InChI=1S/C14H16N4O/c1-8-12(7-15-3)17-18-14(8)10-4-5-11-13(6-10)19-9(2)16-11/h4-6,15H,7H2,1-3H3,(H,17,18). The molecule has 0 unspecified atom stereocenters. The van der Waals surface area contributed by atoms with Gasteiger partial charge in [-0.25, -0.2) is 4.98 Å². The van der Waals surface area contributed by atoms with Gasteiger partial charge in [0, 0.05) is 19.0 Å². The molecule has 19 heavy (non-hydrogen) atoms. The summed E-state index contributed by atoms with van der Waals surface area (Å²) in [6.07, 6.45) is 0. The van der Waals surface area contributed by atoms with E-state index in [0.717, 1.165) is 40.2 Å². The summed E-state index contributed by atoms with van der Waals surface area (Å²) < 4.78 is 5.56. The first kappa shape index (κ1) is 11.9. The number of H-pyrrole nitrogens is 1. The number of aromatic nitrogens is 3. The first-order valence-electron chi connectivity index (χ1n) is 6.25. The molecule has 3 rings (SSSR count). The van der Waals surface area contributed by atoms with E-state index < -0.39 is 0 Å². The van der Waals surface area contributed by atoms with E-state index in [1.165, 1.54) is 0 Å². The van der Waals surface area contributed by atoms with E-state index in [2.05, 4.69) is 27.4 Å². The Morgan fingerprint density at radius 3 is 2.95 bits per heavy atom. The van der Waals surface area contributed by atoms with Crippen molar-refractivity contribution in [2.75, 3.05) is 7.05 Å². The van der Waals surface area contributed by atoms with Crippen molar-refractivity contribution in [2.24, 2.45) is 0 Å². The molecule has 0 atom stereocenters. The van der Waals surface area contributed by atoms with Crippen LogP contribution in [0.4, 0.5) is 0 Å². The largest absolute Gasteiger partial charge is 0.441 e. The fourth-order valence-electron chi connectivity index (χ4n) is 2.25. The van der Waals surface area contributed by atoms with Crippen molar-refractivity contribution < 1.29 is 4.42 Å². The van der Waals surface area contributed by atoms with Crippen molar-refractivity contribution in [2.45, 2.75) is 20.4 Å². The smallest absolute Gasteiger partial charge is 0.192 e. The van der Waals surface area contributed by atoms with Gasteiger partial charge >= 0.3 is 0 Å². The van der Waals surface area contributed by atoms with Gasteiger partial charge in [-0.15, -0.1) is 0 Å². The third-order valence-corrected chi connectivity index (χ3v) is 3.23. The Hall–Kier alpha value is -2.14. The van der Waals surface area contributed by atoms with E-state index in [4.69, 9.17) is 4.42 Å². The Morgan fingerprint density at radius 1 is 1.32 bits per heavy atom. The number of nitrogens with zero attached hydrogens (tertiary/aromatic N) is 2. The second-order valence-corrected chi connectivity index (χ2v) is 4.62. The Kier molecular flexibility index (Phi) is 2.83. The topological polar surface area (TPSA) is 66.7 Å². The minimum Gasteiger partial charge on any atom is -0.441 e. The van der Waals surface area contributed by atoms with Crippen molar-refractivity contribution in [3.63, 3.8) is 0 Å². The van der Waals surface area contributed by atoms with Gasteiger partial charge in [0.15, 0.2) is 11.5 Å². The number of oxazole rings is 1. The molecule has 0 aliphatic rings. The Labute approximate surface area is 111 Å². The van der Waals surface area contributed by atoms with Crippen molar-refractivity contribution in [1.29, 1.82) is 0 Å². The van der Waals surface area contributed by atoms with Gasteiger partial charge in [-0.1, -0.05) is 6.07 Å². The van der Waals surface area contributed by atoms with E-state index in [0.29, 0.717) is 5.89 Å². The summed E-state index contributed by atoms with van der Waals surface area (Å²) in [5.74, 6) is 0.682. The van der Waals surface area contributed by atoms with Gasteiger partial charge < -0.3 is 9.73 Å². The van der Waals surface area contributed by atoms with Crippen LogP contribution in [0, 0.1) is 13.8 Å². The molecule has 0 aliphatic heterocycles. The van der Waals surface area contributed by atoms with Gasteiger partial charge in [0.05, 0.1) is 11.4 Å². The molecular weight excluding hydrogens is 240 g/mol. The van der Waals surface area contributed by atoms with Crippen molar-refractivity contribution >= 4 is 11.1 Å². The van der Waals surface area contributed by atoms with E-state index in [1.54, 1.807) is 0 Å². The van der Waals surface area contributed by atoms with Crippen molar-refractivity contribution in [1.82, 2.24) is 20.5 Å². The summed E-state index contributed by atoms with van der Waals surface area (Å²) >= 11 is 0. The molecule has 0 fully saturated rings. The predicted octanol–water partition coefficient (Wildman–Crippen LogP) is 2.55. The van der Waals surface area contributed by atoms with Crippen LogP contribution in [0.25, 0.3) is 22.4 Å². The predicted molar refractivity (Wildman–Crippen MR) is 73.8 cm³/mol. The number of nitrogens with one attached hydrogen (secondary N) is 2. The van der Waals surface area contributed by atoms with Crippen LogP contribution in [-0.2, 0) is 6.54 Å². The zero-order valence-corrected chi connectivity index (χ0v) is 11.2. The average molecular weight is 256 g/mol. The summed E-state index contributed by atoms with van der Waals surface area (Å²) in [6.45, 7) is 4.70. The highest BCUT2D eigenvalue weighted by Gasteiger charge is 2.12. The fourth-order valence-corrected chi connectivity index (χ4v) is 2.25. The SMILES string of the molecule is CNCc1[nH]nc(-c2ccc3nc(C)oc3c2)c1C. The van der Waals surface area contributed by atoms with Gasteiger partial charge in [-0.3, -0.25) is 5.10 Å². The van der Waals surface area contributed by atoms with E-state index in [9.17, 15) is 0 Å². The number of benzene rings is 1. The molecule has 0 aliphatic carbocycles. The van der Waals surface area contributed by atoms with Crippen molar-refractivity contribution in [3.05, 3.63) is 35.3 Å². The maximum absolute atomic E-state index is 5.56. The van der Waals surface area contributed by atoms with Crippen LogP contribution < -0.4 is 5.32 Å². The lowest BCUT2D eigenvalue weighted by Crippen LogP contribution is -2.06. The molecule has 3 aromatic rings. The minimum atomic E-state index is 0.682. The maximum atomic E-state index is 5.56. The monoisotopic (exact) mass is 256 g/mol. The molecule has 5 heteroatoms. The van der Waals surface area contributed by atoms with Crippen LogP contribution in [-0.4, -0.2) is 22.2 Å². The van der Waals surface area contributed by atoms with E-state index >= 15 is 0 Å². The second-order valence-electron chi connectivity index (χ2n) is 4.62. The summed E-state index contributed by atoms with van der Waals surface area (Å²) in [4.78, 5) is 4.30. The molecule has 0 bridgehead atoms. The lowest BCUT2D eigenvalue weighted by molar-refractivity contribution is 0.561. The molecule has 0 saturated carbocycles. The third kappa shape index (κ3) is 2.02. The molecule has 2 aromatic heterocycles. The molecule has 2 N–H and O–H groups in total. The summed E-state index contributed by atoms with van der Waals surface area (Å²) in [7, 11) is 1.92. The van der Waals surface area contributed by atoms with Crippen LogP contribution in [0.3, 0.4) is 0 Å². The van der Waals surface area contributed by atoms with Crippen LogP contribution in [0.2, 0.25) is 0 Å². The molecule has 0 spiro atoms. The zero-order valence-electron chi connectivity index (χ0n) is 11.2. The quantitative estimate of drug-likeness (QED) is 0.755. The fraction of sp³-hybridized carbons (Fsp3) is 0.286. The van der Waals surface area contributed by atoms with Gasteiger partial charge in [-0.05, 0) is 31.7 Å². The molecule has 0 saturated heterocycles. The number of aryl methyl sites for hydroxylation is 1. The van der Waals surface area contributed by atoms with Crippen LogP contribution in [0.5, 0.6) is 0 Å². The van der Waals surface area contributed by atoms with Crippen LogP contribution in [0.15, 0.2) is 22.6 Å². The van der Waals surface area contributed by atoms with E-state index in [1.807, 2.05) is 32.2 Å². The second kappa shape index (κ2) is 4.51. The van der Waals surface area contributed by atoms with Crippen LogP contribution in [0.1, 0.15) is 17.1 Å². The number of aromatic amines is 1. The first-order chi connectivity index (χ1) is 9.19. The minimum absolute atomic E-state index is 0.682. The zero-order chi connectivity index (χ0) is 13.4. The molecule has 5 nitrogen and oxygen atoms in total. The molecule has 98 valence electrons. The number of fused-ring (bicyclic) bond motifs is 1. The molecule has 0 amide bonds. The average Bonchev–Trinajstić information content (AvgIpc) is 2.92. The normalized spacial score (nSPS) is 11.3. The molecule has 1 aromatic carbocycles. The number of rotatable bonds is 3. The van der Waals surface area contributed by atoms with Gasteiger partial charge in [0.1, 0.15) is 5.52 Å². The van der Waals surface area contributed by atoms with Crippen molar-refractivity contribution in [3.8, 4) is 11.3 Å². The first-order valence-corrected chi connectivity index (χ1v) is 6.25. The highest BCUT2D eigenvalue weighted by Crippen LogP contribution is 2.27. The lowest BCUT2D eigenvalue weighted by atomic mass is 10.1. The van der Waals surface area contributed by atoms with Gasteiger partial charge in [-0.2, -0.15) is 5.10 Å². The maximum Gasteiger partial charge on any atom is 0.192 e. The summed E-state index contributed by atoms with van der Waals surface area (Å²) in [5, 5.41) is 10.6. The van der Waals surface area contributed by atoms with Crippen LogP contribution >= 0.6 is 0 Å². The highest BCUT2D eigenvalue weighted by atomic mass is 16.3. The number of hydrogen-bond acceptors (Lipinski definition) is 4. The Bertz CT molecular complexity index is 726. The van der Waals surface area contributed by atoms with Gasteiger partial charge in [0.2, 0.25) is 0 Å². The molecule has 2 heterocycles.